The molecule has 1 N–H and O–H groups in total. The molecule has 90 valence electrons. The number of fused-ring (bicyclic) bond motifs is 1. The van der Waals surface area contributed by atoms with Crippen molar-refractivity contribution in [1.82, 2.24) is 4.57 Å². The van der Waals surface area contributed by atoms with E-state index < -0.39 is 0 Å². The molecule has 0 aliphatic carbocycles. The second-order valence-electron chi connectivity index (χ2n) is 4.30. The van der Waals surface area contributed by atoms with Gasteiger partial charge < -0.3 is 9.67 Å². The van der Waals surface area contributed by atoms with Gasteiger partial charge in [-0.2, -0.15) is 0 Å². The van der Waals surface area contributed by atoms with Crippen LogP contribution in [0.5, 0.6) is 5.88 Å². The van der Waals surface area contributed by atoms with Crippen LogP contribution in [0.3, 0.4) is 0 Å². The zero-order valence-electron chi connectivity index (χ0n) is 9.68. The molecular weight excluding hydrogens is 290 g/mol. The Kier molecular flexibility index (Phi) is 2.84. The minimum absolute atomic E-state index is 0.321. The average Bonchev–Trinajstić information content (AvgIpc) is 2.67. The van der Waals surface area contributed by atoms with Gasteiger partial charge in [-0.1, -0.05) is 46.3 Å². The summed E-state index contributed by atoms with van der Waals surface area (Å²) in [5.74, 6) is 0.321. The average molecular weight is 302 g/mol. The van der Waals surface area contributed by atoms with Gasteiger partial charge in [-0.05, 0) is 23.8 Å². The topological polar surface area (TPSA) is 25.2 Å². The van der Waals surface area contributed by atoms with Gasteiger partial charge >= 0.3 is 0 Å². The van der Waals surface area contributed by atoms with E-state index in [-0.39, 0.29) is 0 Å². The van der Waals surface area contributed by atoms with E-state index in [0.29, 0.717) is 12.4 Å². The first kappa shape index (κ1) is 11.4. The second kappa shape index (κ2) is 4.50. The Bertz CT molecular complexity index is 688. The van der Waals surface area contributed by atoms with Crippen molar-refractivity contribution in [3.63, 3.8) is 0 Å². The molecule has 0 fully saturated rings. The molecule has 2 nitrogen and oxygen atoms in total. The quantitative estimate of drug-likeness (QED) is 0.755. The van der Waals surface area contributed by atoms with Crippen LogP contribution in [0.2, 0.25) is 0 Å². The second-order valence-corrected chi connectivity index (χ2v) is 5.21. The van der Waals surface area contributed by atoms with Crippen LogP contribution in [0.25, 0.3) is 10.8 Å². The van der Waals surface area contributed by atoms with Crippen molar-refractivity contribution < 1.29 is 5.11 Å². The predicted molar refractivity (Wildman–Crippen MR) is 76.8 cm³/mol. The number of aromatic nitrogens is 1. The maximum atomic E-state index is 10.2. The van der Waals surface area contributed by atoms with Crippen molar-refractivity contribution in [2.45, 2.75) is 6.54 Å². The molecule has 0 aliphatic heterocycles. The largest absolute Gasteiger partial charge is 0.494 e. The third-order valence-corrected chi connectivity index (χ3v) is 3.51. The molecule has 1 heterocycles. The summed E-state index contributed by atoms with van der Waals surface area (Å²) in [7, 11) is 0. The molecule has 0 saturated carbocycles. The van der Waals surface area contributed by atoms with Crippen molar-refractivity contribution in [3.8, 4) is 5.88 Å². The van der Waals surface area contributed by atoms with Crippen LogP contribution in [0, 0.1) is 0 Å². The monoisotopic (exact) mass is 301 g/mol. The molecule has 0 amide bonds. The summed E-state index contributed by atoms with van der Waals surface area (Å²) in [5, 5.41) is 12.1. The Morgan fingerprint density at radius 1 is 1.06 bits per heavy atom. The van der Waals surface area contributed by atoms with E-state index in [4.69, 9.17) is 0 Å². The van der Waals surface area contributed by atoms with Gasteiger partial charge in [0.15, 0.2) is 5.88 Å². The van der Waals surface area contributed by atoms with Crippen molar-refractivity contribution in [3.05, 3.63) is 64.8 Å². The SMILES string of the molecule is Oc1c2ccc(Br)cc2cn1Cc1ccccc1. The maximum Gasteiger partial charge on any atom is 0.199 e. The lowest BCUT2D eigenvalue weighted by atomic mass is 10.2. The van der Waals surface area contributed by atoms with Gasteiger partial charge in [-0.3, -0.25) is 0 Å². The number of nitrogens with zero attached hydrogens (tertiary/aromatic N) is 1. The molecule has 0 atom stereocenters. The zero-order valence-corrected chi connectivity index (χ0v) is 11.3. The Hall–Kier alpha value is -1.74. The smallest absolute Gasteiger partial charge is 0.199 e. The first-order valence-corrected chi connectivity index (χ1v) is 6.54. The summed E-state index contributed by atoms with van der Waals surface area (Å²) >= 11 is 3.44. The molecule has 3 aromatic rings. The Balaban J connectivity index is 2.05. The highest BCUT2D eigenvalue weighted by atomic mass is 79.9. The van der Waals surface area contributed by atoms with Crippen molar-refractivity contribution in [2.75, 3.05) is 0 Å². The maximum absolute atomic E-state index is 10.2. The van der Waals surface area contributed by atoms with E-state index in [9.17, 15) is 5.11 Å². The van der Waals surface area contributed by atoms with Crippen molar-refractivity contribution in [1.29, 1.82) is 0 Å². The number of rotatable bonds is 2. The predicted octanol–water partition coefficient (Wildman–Crippen LogP) is 4.16. The van der Waals surface area contributed by atoms with Crippen molar-refractivity contribution in [2.24, 2.45) is 0 Å². The lowest BCUT2D eigenvalue weighted by Crippen LogP contribution is -1.96. The fourth-order valence-electron chi connectivity index (χ4n) is 2.13. The highest BCUT2D eigenvalue weighted by molar-refractivity contribution is 9.10. The Labute approximate surface area is 114 Å². The van der Waals surface area contributed by atoms with Crippen LogP contribution in [0.4, 0.5) is 0 Å². The number of halogens is 1. The molecule has 1 aromatic heterocycles. The Morgan fingerprint density at radius 2 is 1.83 bits per heavy atom. The van der Waals surface area contributed by atoms with Gasteiger partial charge in [-0.15, -0.1) is 0 Å². The third kappa shape index (κ3) is 2.02. The number of benzene rings is 2. The summed E-state index contributed by atoms with van der Waals surface area (Å²) in [6.45, 7) is 0.680. The molecule has 0 bridgehead atoms. The lowest BCUT2D eigenvalue weighted by Gasteiger charge is -2.04. The number of aromatic hydroxyl groups is 1. The summed E-state index contributed by atoms with van der Waals surface area (Å²) in [5.41, 5.74) is 1.17. The lowest BCUT2D eigenvalue weighted by molar-refractivity contribution is 0.430. The molecule has 0 unspecified atom stereocenters. The third-order valence-electron chi connectivity index (χ3n) is 3.02. The molecule has 0 aliphatic rings. The molecule has 0 radical (unpaired) electrons. The molecule has 18 heavy (non-hydrogen) atoms. The fourth-order valence-corrected chi connectivity index (χ4v) is 2.51. The van der Waals surface area contributed by atoms with Gasteiger partial charge in [0.1, 0.15) is 0 Å². The van der Waals surface area contributed by atoms with E-state index in [2.05, 4.69) is 28.1 Å². The van der Waals surface area contributed by atoms with Crippen LogP contribution < -0.4 is 0 Å². The Morgan fingerprint density at radius 3 is 2.61 bits per heavy atom. The fraction of sp³-hybridized carbons (Fsp3) is 0.0667. The van der Waals surface area contributed by atoms with E-state index >= 15 is 0 Å². The highest BCUT2D eigenvalue weighted by Crippen LogP contribution is 2.29. The van der Waals surface area contributed by atoms with E-state index in [1.54, 1.807) is 0 Å². The minimum atomic E-state index is 0.321. The number of hydrogen-bond donors (Lipinski definition) is 1. The van der Waals surface area contributed by atoms with E-state index in [1.807, 2.05) is 47.2 Å². The summed E-state index contributed by atoms with van der Waals surface area (Å²) in [6, 6.07) is 16.0. The van der Waals surface area contributed by atoms with Crippen LogP contribution in [0.1, 0.15) is 5.56 Å². The molecular formula is C15H12BrNO. The van der Waals surface area contributed by atoms with E-state index in [0.717, 1.165) is 15.2 Å². The van der Waals surface area contributed by atoms with Gasteiger partial charge in [0.05, 0.1) is 6.54 Å². The minimum Gasteiger partial charge on any atom is -0.494 e. The normalized spacial score (nSPS) is 10.9. The molecule has 3 rings (SSSR count). The first-order valence-electron chi connectivity index (χ1n) is 5.75. The molecule has 2 aromatic carbocycles. The van der Waals surface area contributed by atoms with E-state index in [1.165, 1.54) is 5.56 Å². The zero-order chi connectivity index (χ0) is 12.5. The molecule has 3 heteroatoms. The summed E-state index contributed by atoms with van der Waals surface area (Å²) in [4.78, 5) is 0. The van der Waals surface area contributed by atoms with Gasteiger partial charge in [0.2, 0.25) is 0 Å². The van der Waals surface area contributed by atoms with Gasteiger partial charge in [0.25, 0.3) is 0 Å². The standard InChI is InChI=1S/C15H12BrNO/c16-13-6-7-14-12(8-13)10-17(15(14)18)9-11-4-2-1-3-5-11/h1-8,10,18H,9H2. The van der Waals surface area contributed by atoms with Crippen LogP contribution in [0.15, 0.2) is 59.2 Å². The summed E-state index contributed by atoms with van der Waals surface area (Å²) < 4.78 is 2.89. The first-order chi connectivity index (χ1) is 8.74. The summed E-state index contributed by atoms with van der Waals surface area (Å²) in [6.07, 6.45) is 1.97. The highest BCUT2D eigenvalue weighted by Gasteiger charge is 2.08. The van der Waals surface area contributed by atoms with Crippen molar-refractivity contribution >= 4 is 26.7 Å². The molecule has 0 spiro atoms. The van der Waals surface area contributed by atoms with Crippen LogP contribution in [-0.2, 0) is 6.54 Å². The van der Waals surface area contributed by atoms with Gasteiger partial charge in [0, 0.05) is 21.4 Å². The number of hydrogen-bond acceptors (Lipinski definition) is 1. The van der Waals surface area contributed by atoms with Gasteiger partial charge in [-0.25, -0.2) is 0 Å². The van der Waals surface area contributed by atoms with Crippen LogP contribution >= 0.6 is 15.9 Å². The molecule has 0 saturated heterocycles. The van der Waals surface area contributed by atoms with Crippen LogP contribution in [-0.4, -0.2) is 9.67 Å².